The number of hydrogen-bond donors (Lipinski definition) is 1. The molecule has 0 radical (unpaired) electrons. The maximum atomic E-state index is 6.28. The second kappa shape index (κ2) is 5.28. The van der Waals surface area contributed by atoms with E-state index in [0.717, 1.165) is 12.1 Å². The maximum Gasteiger partial charge on any atom is 0.0857 e. The highest BCUT2D eigenvalue weighted by Crippen LogP contribution is 2.49. The molecular weight excluding hydrogens is 282 g/mol. The van der Waals surface area contributed by atoms with Gasteiger partial charge in [0.2, 0.25) is 0 Å². The fourth-order valence-electron chi connectivity index (χ4n) is 3.56. The predicted octanol–water partition coefficient (Wildman–Crippen LogP) is 3.69. The van der Waals surface area contributed by atoms with Gasteiger partial charge in [0.15, 0.2) is 0 Å². The summed E-state index contributed by atoms with van der Waals surface area (Å²) >= 11 is 1.52. The Morgan fingerprint density at radius 2 is 1.90 bits per heavy atom. The van der Waals surface area contributed by atoms with E-state index in [1.807, 2.05) is 7.05 Å². The normalized spacial score (nSPS) is 26.0. The van der Waals surface area contributed by atoms with Crippen molar-refractivity contribution in [3.63, 3.8) is 0 Å². The standard InChI is InChI=1S/C16H29N3OS/c1-14(2,3)13-12(21-19-18-13)11(17-8)10-9-15(4,5)20-16(10,6)7/h10-11,17H,9H2,1-8H3. The molecule has 2 atom stereocenters. The Labute approximate surface area is 132 Å². The van der Waals surface area contributed by atoms with Gasteiger partial charge in [0.1, 0.15) is 0 Å². The number of nitrogens with zero attached hydrogens (tertiary/aromatic N) is 2. The highest BCUT2D eigenvalue weighted by molar-refractivity contribution is 7.05. The summed E-state index contributed by atoms with van der Waals surface area (Å²) in [5.41, 5.74) is 0.878. The van der Waals surface area contributed by atoms with Crippen molar-refractivity contribution in [3.8, 4) is 0 Å². The summed E-state index contributed by atoms with van der Waals surface area (Å²) in [6.07, 6.45) is 1.03. The third-order valence-electron chi connectivity index (χ3n) is 4.36. The van der Waals surface area contributed by atoms with Crippen LogP contribution in [0.4, 0.5) is 0 Å². The molecule has 2 unspecified atom stereocenters. The molecule has 0 spiro atoms. The average Bonchev–Trinajstić information content (AvgIpc) is 2.82. The number of aromatic nitrogens is 2. The number of hydrogen-bond acceptors (Lipinski definition) is 5. The van der Waals surface area contributed by atoms with Gasteiger partial charge in [-0.1, -0.05) is 25.3 Å². The Morgan fingerprint density at radius 3 is 2.33 bits per heavy atom. The molecule has 2 heterocycles. The van der Waals surface area contributed by atoms with Crippen molar-refractivity contribution in [2.45, 2.75) is 77.5 Å². The summed E-state index contributed by atoms with van der Waals surface area (Å²) in [5, 5.41) is 7.90. The Hall–Kier alpha value is -0.520. The van der Waals surface area contributed by atoms with Gasteiger partial charge in [-0.05, 0) is 52.7 Å². The lowest BCUT2D eigenvalue weighted by Gasteiger charge is -2.33. The van der Waals surface area contributed by atoms with Gasteiger partial charge in [0.05, 0.1) is 27.8 Å². The fourth-order valence-corrected chi connectivity index (χ4v) is 4.60. The highest BCUT2D eigenvalue weighted by atomic mass is 32.1. The van der Waals surface area contributed by atoms with Crippen LogP contribution < -0.4 is 5.32 Å². The van der Waals surface area contributed by atoms with Gasteiger partial charge in [0.25, 0.3) is 0 Å². The van der Waals surface area contributed by atoms with E-state index in [2.05, 4.69) is 63.4 Å². The molecule has 4 nitrogen and oxygen atoms in total. The van der Waals surface area contributed by atoms with Crippen LogP contribution in [0.3, 0.4) is 0 Å². The minimum atomic E-state index is -0.156. The topological polar surface area (TPSA) is 47.0 Å². The summed E-state index contributed by atoms with van der Waals surface area (Å²) < 4.78 is 10.5. The van der Waals surface area contributed by atoms with E-state index in [0.29, 0.717) is 5.92 Å². The van der Waals surface area contributed by atoms with Crippen LogP contribution in [-0.2, 0) is 10.2 Å². The van der Waals surface area contributed by atoms with Crippen molar-refractivity contribution in [1.82, 2.24) is 14.9 Å². The Bertz CT molecular complexity index is 502. The first kappa shape index (κ1) is 16.8. The van der Waals surface area contributed by atoms with Gasteiger partial charge >= 0.3 is 0 Å². The van der Waals surface area contributed by atoms with Crippen LogP contribution >= 0.6 is 11.5 Å². The lowest BCUT2D eigenvalue weighted by molar-refractivity contribution is -0.0776. The summed E-state index contributed by atoms with van der Waals surface area (Å²) in [6.45, 7) is 15.3. The molecule has 1 aliphatic heterocycles. The van der Waals surface area contributed by atoms with Gasteiger partial charge in [-0.15, -0.1) is 5.10 Å². The van der Waals surface area contributed by atoms with E-state index < -0.39 is 0 Å². The largest absolute Gasteiger partial charge is 0.369 e. The molecule has 21 heavy (non-hydrogen) atoms. The van der Waals surface area contributed by atoms with Crippen molar-refractivity contribution in [2.75, 3.05) is 7.05 Å². The number of ether oxygens (including phenoxy) is 1. The molecule has 1 fully saturated rings. The Balaban J connectivity index is 2.40. The molecule has 0 saturated carbocycles. The maximum absolute atomic E-state index is 6.28. The molecule has 0 amide bonds. The zero-order chi connectivity index (χ0) is 16.1. The average molecular weight is 311 g/mol. The van der Waals surface area contributed by atoms with E-state index in [-0.39, 0.29) is 22.7 Å². The van der Waals surface area contributed by atoms with Gasteiger partial charge in [-0.25, -0.2) is 0 Å². The molecule has 0 bridgehead atoms. The lowest BCUT2D eigenvalue weighted by atomic mass is 9.79. The van der Waals surface area contributed by atoms with Gasteiger partial charge in [0, 0.05) is 11.3 Å². The lowest BCUT2D eigenvalue weighted by Crippen LogP contribution is -2.37. The van der Waals surface area contributed by atoms with Crippen LogP contribution in [0, 0.1) is 5.92 Å². The van der Waals surface area contributed by atoms with E-state index in [9.17, 15) is 0 Å². The van der Waals surface area contributed by atoms with Crippen LogP contribution in [0.25, 0.3) is 0 Å². The molecule has 1 aromatic heterocycles. The van der Waals surface area contributed by atoms with Gasteiger partial charge in [-0.2, -0.15) is 0 Å². The summed E-state index contributed by atoms with van der Waals surface area (Å²) in [5.74, 6) is 0.404. The molecule has 2 rings (SSSR count). The van der Waals surface area contributed by atoms with Crippen LogP contribution in [0.15, 0.2) is 0 Å². The minimum absolute atomic E-state index is 0.0105. The third kappa shape index (κ3) is 3.30. The zero-order valence-corrected chi connectivity index (χ0v) is 15.4. The highest BCUT2D eigenvalue weighted by Gasteiger charge is 2.50. The van der Waals surface area contributed by atoms with Crippen LogP contribution in [0.5, 0.6) is 0 Å². The smallest absolute Gasteiger partial charge is 0.0857 e. The number of nitrogens with one attached hydrogen (secondary N) is 1. The van der Waals surface area contributed by atoms with Gasteiger partial charge < -0.3 is 10.1 Å². The summed E-state index contributed by atoms with van der Waals surface area (Å²) in [4.78, 5) is 1.25. The van der Waals surface area contributed by atoms with Crippen LogP contribution in [-0.4, -0.2) is 27.8 Å². The van der Waals surface area contributed by atoms with Gasteiger partial charge in [-0.3, -0.25) is 0 Å². The molecule has 1 N–H and O–H groups in total. The molecule has 0 aliphatic carbocycles. The monoisotopic (exact) mass is 311 g/mol. The minimum Gasteiger partial charge on any atom is -0.369 e. The SMILES string of the molecule is CNC(c1snnc1C(C)(C)C)C1CC(C)(C)OC1(C)C. The van der Waals surface area contributed by atoms with Crippen LogP contribution in [0.1, 0.15) is 71.5 Å². The van der Waals surface area contributed by atoms with Crippen molar-refractivity contribution in [3.05, 3.63) is 10.6 Å². The second-order valence-corrected chi connectivity index (χ2v) is 9.06. The molecule has 120 valence electrons. The van der Waals surface area contributed by atoms with Crippen molar-refractivity contribution >= 4 is 11.5 Å². The molecule has 1 aliphatic rings. The van der Waals surface area contributed by atoms with Crippen molar-refractivity contribution in [1.29, 1.82) is 0 Å². The molecular formula is C16H29N3OS. The first-order valence-corrected chi connectivity index (χ1v) is 8.45. The molecule has 5 heteroatoms. The molecule has 1 aromatic rings. The third-order valence-corrected chi connectivity index (χ3v) is 5.17. The van der Waals surface area contributed by atoms with E-state index in [1.165, 1.54) is 16.4 Å². The summed E-state index contributed by atoms with van der Waals surface area (Å²) in [6, 6.07) is 0.232. The van der Waals surface area contributed by atoms with E-state index >= 15 is 0 Å². The summed E-state index contributed by atoms with van der Waals surface area (Å²) in [7, 11) is 2.03. The first-order valence-electron chi connectivity index (χ1n) is 7.68. The second-order valence-electron chi connectivity index (χ2n) is 8.28. The van der Waals surface area contributed by atoms with Crippen molar-refractivity contribution in [2.24, 2.45) is 5.92 Å². The fraction of sp³-hybridized carbons (Fsp3) is 0.875. The quantitative estimate of drug-likeness (QED) is 0.925. The number of rotatable bonds is 3. The molecule has 1 saturated heterocycles. The Kier molecular flexibility index (Phi) is 4.24. The van der Waals surface area contributed by atoms with Crippen LogP contribution in [0.2, 0.25) is 0 Å². The zero-order valence-electron chi connectivity index (χ0n) is 14.6. The van der Waals surface area contributed by atoms with E-state index in [4.69, 9.17) is 4.74 Å². The van der Waals surface area contributed by atoms with Crippen molar-refractivity contribution < 1.29 is 4.74 Å². The predicted molar refractivity (Wildman–Crippen MR) is 87.8 cm³/mol. The Morgan fingerprint density at radius 1 is 1.29 bits per heavy atom. The molecule has 0 aromatic carbocycles. The van der Waals surface area contributed by atoms with E-state index in [1.54, 1.807) is 0 Å². The first-order chi connectivity index (χ1) is 9.48.